The van der Waals surface area contributed by atoms with Gasteiger partial charge in [0, 0.05) is 18.3 Å². The van der Waals surface area contributed by atoms with Crippen LogP contribution in [-0.2, 0) is 16.0 Å². The average molecular weight is 278 g/mol. The monoisotopic (exact) mass is 278 g/mol. The van der Waals surface area contributed by atoms with Crippen molar-refractivity contribution in [2.45, 2.75) is 12.5 Å². The number of carbonyl (C=O) groups excluding carboxylic acids is 2. The van der Waals surface area contributed by atoms with E-state index in [-0.39, 0.29) is 24.4 Å². The lowest BCUT2D eigenvalue weighted by Crippen LogP contribution is -2.46. The number of nitrogens with two attached hydrogens (primary N) is 1. The number of hydrogen-bond acceptors (Lipinski definition) is 4. The average Bonchev–Trinajstić information content (AvgIpc) is 2.85. The van der Waals surface area contributed by atoms with Crippen molar-refractivity contribution in [3.05, 3.63) is 30.1 Å². The second-order valence-electron chi connectivity index (χ2n) is 4.75. The molecule has 3 amide bonds. The summed E-state index contributed by atoms with van der Waals surface area (Å²) in [6, 6.07) is 3.14. The Morgan fingerprint density at radius 3 is 2.80 bits per heavy atom. The van der Waals surface area contributed by atoms with Crippen LogP contribution in [0.2, 0.25) is 0 Å². The van der Waals surface area contributed by atoms with E-state index in [0.29, 0.717) is 13.2 Å². The topological polar surface area (TPSA) is 106 Å². The zero-order valence-corrected chi connectivity index (χ0v) is 11.0. The van der Waals surface area contributed by atoms with Gasteiger partial charge in [0.1, 0.15) is 0 Å². The number of ether oxygens (including phenoxy) is 1. The number of nitrogens with zero attached hydrogens (tertiary/aromatic N) is 1. The Balaban J connectivity index is 1.84. The highest BCUT2D eigenvalue weighted by atomic mass is 16.5. The molecule has 0 radical (unpaired) electrons. The third-order valence-electron chi connectivity index (χ3n) is 3.22. The molecule has 0 bridgehead atoms. The summed E-state index contributed by atoms with van der Waals surface area (Å²) in [5, 5.41) is 5.12. The second kappa shape index (κ2) is 6.85. The van der Waals surface area contributed by atoms with Gasteiger partial charge in [0.25, 0.3) is 0 Å². The number of urea groups is 1. The molecule has 0 aromatic carbocycles. The van der Waals surface area contributed by atoms with Crippen LogP contribution in [0, 0.1) is 5.92 Å². The predicted molar refractivity (Wildman–Crippen MR) is 71.8 cm³/mol. The normalized spacial score (nSPS) is 21.4. The highest BCUT2D eigenvalue weighted by Gasteiger charge is 2.29. The quantitative estimate of drug-likeness (QED) is 0.670. The Morgan fingerprint density at radius 2 is 2.10 bits per heavy atom. The summed E-state index contributed by atoms with van der Waals surface area (Å²) in [6.45, 7) is 0.975. The summed E-state index contributed by atoms with van der Waals surface area (Å²) in [7, 11) is 0. The number of nitrogens with one attached hydrogen (secondary N) is 2. The van der Waals surface area contributed by atoms with Gasteiger partial charge in [-0.05, 0) is 24.1 Å². The van der Waals surface area contributed by atoms with E-state index in [1.54, 1.807) is 12.4 Å². The van der Waals surface area contributed by atoms with Gasteiger partial charge in [0.2, 0.25) is 5.91 Å². The molecule has 1 aromatic rings. The van der Waals surface area contributed by atoms with E-state index in [0.717, 1.165) is 12.0 Å². The van der Waals surface area contributed by atoms with Crippen molar-refractivity contribution in [2.75, 3.05) is 19.8 Å². The molecule has 0 aliphatic carbocycles. The van der Waals surface area contributed by atoms with Crippen LogP contribution in [0.4, 0.5) is 4.79 Å². The maximum atomic E-state index is 11.7. The predicted octanol–water partition coefficient (Wildman–Crippen LogP) is -0.576. The van der Waals surface area contributed by atoms with Crippen LogP contribution in [0.3, 0.4) is 0 Å². The van der Waals surface area contributed by atoms with Crippen molar-refractivity contribution in [3.63, 3.8) is 0 Å². The molecule has 108 valence electrons. The summed E-state index contributed by atoms with van der Waals surface area (Å²) >= 11 is 0. The standard InChI is InChI=1S/C13H18N4O3/c14-13(19)16-6-12(18)17-11-8-20-7-10(11)5-9-1-3-15-4-2-9/h1-4,10-11H,5-8H2,(H,17,18)(H3,14,16,19)/t10-,11+/m1/s1. The van der Waals surface area contributed by atoms with Crippen LogP contribution in [0.15, 0.2) is 24.5 Å². The van der Waals surface area contributed by atoms with Gasteiger partial charge in [0.15, 0.2) is 0 Å². The Morgan fingerprint density at radius 1 is 1.35 bits per heavy atom. The third kappa shape index (κ3) is 4.20. The molecule has 0 spiro atoms. The highest BCUT2D eigenvalue weighted by Crippen LogP contribution is 2.18. The summed E-state index contributed by atoms with van der Waals surface area (Å²) in [6.07, 6.45) is 4.31. The largest absolute Gasteiger partial charge is 0.379 e. The number of hydrogen-bond donors (Lipinski definition) is 3. The SMILES string of the molecule is NC(=O)NCC(=O)N[C@H]1COC[C@H]1Cc1ccncc1. The van der Waals surface area contributed by atoms with Gasteiger partial charge < -0.3 is 21.1 Å². The molecule has 2 atom stereocenters. The van der Waals surface area contributed by atoms with Crippen LogP contribution in [0.1, 0.15) is 5.56 Å². The fourth-order valence-electron chi connectivity index (χ4n) is 2.21. The van der Waals surface area contributed by atoms with Crippen LogP contribution >= 0.6 is 0 Å². The van der Waals surface area contributed by atoms with Crippen molar-refractivity contribution in [1.82, 2.24) is 15.6 Å². The second-order valence-corrected chi connectivity index (χ2v) is 4.75. The fourth-order valence-corrected chi connectivity index (χ4v) is 2.21. The summed E-state index contributed by atoms with van der Waals surface area (Å²) in [4.78, 5) is 26.2. The van der Waals surface area contributed by atoms with Crippen LogP contribution in [0.5, 0.6) is 0 Å². The van der Waals surface area contributed by atoms with Gasteiger partial charge in [-0.1, -0.05) is 0 Å². The first-order valence-corrected chi connectivity index (χ1v) is 6.44. The van der Waals surface area contributed by atoms with E-state index in [2.05, 4.69) is 15.6 Å². The number of amides is 3. The van der Waals surface area contributed by atoms with Gasteiger partial charge in [-0.25, -0.2) is 4.79 Å². The summed E-state index contributed by atoms with van der Waals surface area (Å²) in [5.41, 5.74) is 6.08. The van der Waals surface area contributed by atoms with E-state index in [9.17, 15) is 9.59 Å². The van der Waals surface area contributed by atoms with Gasteiger partial charge in [-0.3, -0.25) is 9.78 Å². The lowest BCUT2D eigenvalue weighted by atomic mass is 9.95. The molecule has 1 aromatic heterocycles. The molecule has 2 heterocycles. The maximum absolute atomic E-state index is 11.7. The smallest absolute Gasteiger partial charge is 0.312 e. The minimum atomic E-state index is -0.712. The molecule has 1 fully saturated rings. The summed E-state index contributed by atoms with van der Waals surface area (Å²) < 4.78 is 5.43. The van der Waals surface area contributed by atoms with Crippen LogP contribution < -0.4 is 16.4 Å². The lowest BCUT2D eigenvalue weighted by Gasteiger charge is -2.19. The number of pyridine rings is 1. The zero-order valence-electron chi connectivity index (χ0n) is 11.0. The summed E-state index contributed by atoms with van der Waals surface area (Å²) in [5.74, 6) is -0.0473. The third-order valence-corrected chi connectivity index (χ3v) is 3.22. The molecule has 20 heavy (non-hydrogen) atoms. The van der Waals surface area contributed by atoms with Crippen LogP contribution in [0.25, 0.3) is 0 Å². The van der Waals surface area contributed by atoms with E-state index in [1.165, 1.54) is 0 Å². The van der Waals surface area contributed by atoms with Crippen molar-refractivity contribution in [1.29, 1.82) is 0 Å². The first-order chi connectivity index (χ1) is 9.65. The first kappa shape index (κ1) is 14.3. The maximum Gasteiger partial charge on any atom is 0.312 e. The van der Waals surface area contributed by atoms with E-state index >= 15 is 0 Å². The zero-order chi connectivity index (χ0) is 14.4. The van der Waals surface area contributed by atoms with Crippen molar-refractivity contribution in [2.24, 2.45) is 11.7 Å². The van der Waals surface area contributed by atoms with Gasteiger partial charge in [-0.15, -0.1) is 0 Å². The van der Waals surface area contributed by atoms with E-state index < -0.39 is 6.03 Å². The molecule has 7 nitrogen and oxygen atoms in total. The molecule has 2 rings (SSSR count). The molecule has 1 aliphatic heterocycles. The van der Waals surface area contributed by atoms with Crippen LogP contribution in [-0.4, -0.2) is 42.7 Å². The molecular formula is C13H18N4O3. The molecule has 1 saturated heterocycles. The Bertz CT molecular complexity index is 466. The van der Waals surface area contributed by atoms with Gasteiger partial charge in [0.05, 0.1) is 25.8 Å². The molecule has 0 unspecified atom stereocenters. The minimum absolute atomic E-state index is 0.0506. The number of carbonyl (C=O) groups is 2. The molecular weight excluding hydrogens is 260 g/mol. The Hall–Kier alpha value is -2.15. The fraction of sp³-hybridized carbons (Fsp3) is 0.462. The first-order valence-electron chi connectivity index (χ1n) is 6.44. The number of aromatic nitrogens is 1. The van der Waals surface area contributed by atoms with E-state index in [1.807, 2.05) is 12.1 Å². The Labute approximate surface area is 116 Å². The lowest BCUT2D eigenvalue weighted by molar-refractivity contribution is -0.121. The van der Waals surface area contributed by atoms with E-state index in [4.69, 9.17) is 10.5 Å². The molecule has 1 aliphatic rings. The number of primary amides is 1. The van der Waals surface area contributed by atoms with Gasteiger partial charge >= 0.3 is 6.03 Å². The van der Waals surface area contributed by atoms with Gasteiger partial charge in [-0.2, -0.15) is 0 Å². The number of rotatable bonds is 5. The minimum Gasteiger partial charge on any atom is -0.379 e. The molecule has 7 heteroatoms. The molecule has 4 N–H and O–H groups in total. The molecule has 0 saturated carbocycles. The van der Waals surface area contributed by atoms with Crippen molar-refractivity contribution in [3.8, 4) is 0 Å². The van der Waals surface area contributed by atoms with Crippen molar-refractivity contribution < 1.29 is 14.3 Å². The Kier molecular flexibility index (Phi) is 4.89. The highest BCUT2D eigenvalue weighted by molar-refractivity contribution is 5.83. The van der Waals surface area contributed by atoms with Crippen molar-refractivity contribution >= 4 is 11.9 Å².